The molecule has 0 saturated carbocycles. The Bertz CT molecular complexity index is 557. The fraction of sp³-hybridized carbons (Fsp3) is 0.333. The highest BCUT2D eigenvalue weighted by molar-refractivity contribution is 5.78. The van der Waals surface area contributed by atoms with Gasteiger partial charge in [-0.15, -0.1) is 0 Å². The largest absolute Gasteiger partial charge is 0.286 e. The zero-order valence-electron chi connectivity index (χ0n) is 10.6. The number of rotatable bonds is 5. The highest BCUT2D eigenvalue weighted by Crippen LogP contribution is 2.14. The quantitative estimate of drug-likeness (QED) is 0.753. The predicted octanol–water partition coefficient (Wildman–Crippen LogP) is 2.97. The first-order valence-electron chi connectivity index (χ1n) is 6.26. The van der Waals surface area contributed by atoms with E-state index in [0.717, 1.165) is 30.4 Å². The van der Waals surface area contributed by atoms with Crippen molar-refractivity contribution >= 4 is 10.9 Å². The highest BCUT2D eigenvalue weighted by atomic mass is 15.1. The van der Waals surface area contributed by atoms with Crippen molar-refractivity contribution < 1.29 is 0 Å². The van der Waals surface area contributed by atoms with Gasteiger partial charge in [0.25, 0.3) is 0 Å². The van der Waals surface area contributed by atoms with Gasteiger partial charge in [0.15, 0.2) is 0 Å². The molecule has 0 aliphatic heterocycles. The number of benzene rings is 1. The molecule has 0 N–H and O–H groups in total. The number of nitrogens with zero attached hydrogens (tertiary/aromatic N) is 3. The summed E-state index contributed by atoms with van der Waals surface area (Å²) in [6.45, 7) is 4.40. The Hall–Kier alpha value is -1.92. The van der Waals surface area contributed by atoms with Crippen molar-refractivity contribution in [2.24, 2.45) is 0 Å². The van der Waals surface area contributed by atoms with E-state index in [1.807, 2.05) is 12.1 Å². The topological polar surface area (TPSA) is 39.9 Å². The Labute approximate surface area is 108 Å². The van der Waals surface area contributed by atoms with Crippen LogP contribution in [0.3, 0.4) is 0 Å². The summed E-state index contributed by atoms with van der Waals surface area (Å²) in [5.74, 6) is 0. The van der Waals surface area contributed by atoms with E-state index in [4.69, 9.17) is 5.26 Å². The zero-order chi connectivity index (χ0) is 12.8. The third-order valence-corrected chi connectivity index (χ3v) is 2.91. The van der Waals surface area contributed by atoms with Gasteiger partial charge in [-0.2, -0.15) is 5.26 Å². The molecule has 92 valence electrons. The Morgan fingerprint density at radius 1 is 1.33 bits per heavy atom. The maximum absolute atomic E-state index is 8.81. The number of pyridine rings is 1. The van der Waals surface area contributed by atoms with Crippen LogP contribution < -0.4 is 0 Å². The molecule has 18 heavy (non-hydrogen) atoms. The molecule has 0 amide bonds. The lowest BCUT2D eigenvalue weighted by atomic mass is 10.1. The minimum atomic E-state index is 0.485. The molecular formula is C15H17N3. The molecule has 0 aliphatic rings. The smallest absolute Gasteiger partial charge is 0.0868 e. The SMILES string of the molecule is CCCN(CC#N)Cc1ccc2ncccc2c1. The molecule has 2 rings (SSSR count). The van der Waals surface area contributed by atoms with Crippen LogP contribution in [0.4, 0.5) is 0 Å². The second kappa shape index (κ2) is 6.13. The van der Waals surface area contributed by atoms with Gasteiger partial charge in [0.2, 0.25) is 0 Å². The number of nitriles is 1. The van der Waals surface area contributed by atoms with Crippen LogP contribution in [0.1, 0.15) is 18.9 Å². The summed E-state index contributed by atoms with van der Waals surface area (Å²) in [7, 11) is 0. The van der Waals surface area contributed by atoms with Gasteiger partial charge in [-0.3, -0.25) is 9.88 Å². The molecule has 0 bridgehead atoms. The Morgan fingerprint density at radius 3 is 3.00 bits per heavy atom. The molecule has 1 aromatic carbocycles. The summed E-state index contributed by atoms with van der Waals surface area (Å²) < 4.78 is 0. The minimum Gasteiger partial charge on any atom is -0.286 e. The molecule has 0 spiro atoms. The van der Waals surface area contributed by atoms with Crippen LogP contribution in [0.2, 0.25) is 0 Å². The predicted molar refractivity (Wildman–Crippen MR) is 72.9 cm³/mol. The van der Waals surface area contributed by atoms with E-state index in [1.165, 1.54) is 5.56 Å². The molecule has 0 unspecified atom stereocenters. The standard InChI is InChI=1S/C15H17N3/c1-2-9-18(10-7-16)12-13-5-6-15-14(11-13)4-3-8-17-15/h3-6,8,11H,2,9-10,12H2,1H3. The molecule has 0 saturated heterocycles. The van der Waals surface area contributed by atoms with Gasteiger partial charge < -0.3 is 0 Å². The fourth-order valence-electron chi connectivity index (χ4n) is 2.11. The lowest BCUT2D eigenvalue weighted by Crippen LogP contribution is -2.24. The van der Waals surface area contributed by atoms with Gasteiger partial charge >= 0.3 is 0 Å². The van der Waals surface area contributed by atoms with Gasteiger partial charge in [0.1, 0.15) is 0 Å². The Morgan fingerprint density at radius 2 is 2.22 bits per heavy atom. The number of aromatic nitrogens is 1. The van der Waals surface area contributed by atoms with E-state index in [0.29, 0.717) is 6.54 Å². The van der Waals surface area contributed by atoms with E-state index in [2.05, 4.69) is 41.1 Å². The van der Waals surface area contributed by atoms with E-state index in [1.54, 1.807) is 6.20 Å². The van der Waals surface area contributed by atoms with Crippen molar-refractivity contribution in [2.75, 3.05) is 13.1 Å². The zero-order valence-corrected chi connectivity index (χ0v) is 10.6. The summed E-state index contributed by atoms with van der Waals surface area (Å²) >= 11 is 0. The van der Waals surface area contributed by atoms with Crippen molar-refractivity contribution in [2.45, 2.75) is 19.9 Å². The van der Waals surface area contributed by atoms with Crippen LogP contribution in [-0.4, -0.2) is 23.0 Å². The van der Waals surface area contributed by atoms with Crippen LogP contribution >= 0.6 is 0 Å². The molecule has 0 aliphatic carbocycles. The Kier molecular flexibility index (Phi) is 4.27. The van der Waals surface area contributed by atoms with E-state index < -0.39 is 0 Å². The molecule has 0 fully saturated rings. The number of hydrogen-bond acceptors (Lipinski definition) is 3. The van der Waals surface area contributed by atoms with Crippen molar-refractivity contribution in [3.8, 4) is 6.07 Å². The maximum atomic E-state index is 8.81. The van der Waals surface area contributed by atoms with E-state index >= 15 is 0 Å². The van der Waals surface area contributed by atoms with E-state index in [9.17, 15) is 0 Å². The van der Waals surface area contributed by atoms with Crippen LogP contribution in [0.15, 0.2) is 36.5 Å². The molecule has 1 heterocycles. The third-order valence-electron chi connectivity index (χ3n) is 2.91. The monoisotopic (exact) mass is 239 g/mol. The lowest BCUT2D eigenvalue weighted by molar-refractivity contribution is 0.298. The van der Waals surface area contributed by atoms with Crippen molar-refractivity contribution in [1.82, 2.24) is 9.88 Å². The normalized spacial score (nSPS) is 10.7. The first kappa shape index (κ1) is 12.5. The van der Waals surface area contributed by atoms with Gasteiger partial charge in [0.05, 0.1) is 18.1 Å². The van der Waals surface area contributed by atoms with Crippen molar-refractivity contribution in [3.63, 3.8) is 0 Å². The molecule has 3 heteroatoms. The molecule has 0 atom stereocenters. The van der Waals surface area contributed by atoms with Gasteiger partial charge in [-0.25, -0.2) is 0 Å². The van der Waals surface area contributed by atoms with Crippen LogP contribution in [0.25, 0.3) is 10.9 Å². The number of hydrogen-bond donors (Lipinski definition) is 0. The van der Waals surface area contributed by atoms with Gasteiger partial charge in [-0.05, 0) is 36.7 Å². The van der Waals surface area contributed by atoms with E-state index in [-0.39, 0.29) is 0 Å². The molecule has 3 nitrogen and oxygen atoms in total. The summed E-state index contributed by atoms with van der Waals surface area (Å²) in [5, 5.41) is 9.97. The van der Waals surface area contributed by atoms with Crippen molar-refractivity contribution in [1.29, 1.82) is 5.26 Å². The summed E-state index contributed by atoms with van der Waals surface area (Å²) in [6.07, 6.45) is 2.87. The number of fused-ring (bicyclic) bond motifs is 1. The lowest BCUT2D eigenvalue weighted by Gasteiger charge is -2.18. The fourth-order valence-corrected chi connectivity index (χ4v) is 2.11. The summed E-state index contributed by atoms with van der Waals surface area (Å²) in [6, 6.07) is 12.5. The van der Waals surface area contributed by atoms with Gasteiger partial charge in [0, 0.05) is 18.1 Å². The average molecular weight is 239 g/mol. The molecular weight excluding hydrogens is 222 g/mol. The molecule has 0 radical (unpaired) electrons. The Balaban J connectivity index is 2.17. The second-order valence-corrected chi connectivity index (χ2v) is 4.40. The first-order valence-corrected chi connectivity index (χ1v) is 6.26. The third kappa shape index (κ3) is 3.06. The van der Waals surface area contributed by atoms with Crippen molar-refractivity contribution in [3.05, 3.63) is 42.1 Å². The average Bonchev–Trinajstić information content (AvgIpc) is 2.39. The summed E-state index contributed by atoms with van der Waals surface area (Å²) in [4.78, 5) is 6.47. The second-order valence-electron chi connectivity index (χ2n) is 4.40. The maximum Gasteiger partial charge on any atom is 0.0868 e. The van der Waals surface area contributed by atoms with Gasteiger partial charge in [-0.1, -0.05) is 19.1 Å². The van der Waals surface area contributed by atoms with Crippen LogP contribution in [0.5, 0.6) is 0 Å². The summed E-state index contributed by atoms with van der Waals surface area (Å²) in [5.41, 5.74) is 2.25. The van der Waals surface area contributed by atoms with Crippen LogP contribution in [0, 0.1) is 11.3 Å². The molecule has 1 aromatic heterocycles. The first-order chi connectivity index (χ1) is 8.83. The molecule has 2 aromatic rings. The van der Waals surface area contributed by atoms with Crippen LogP contribution in [-0.2, 0) is 6.54 Å². The highest BCUT2D eigenvalue weighted by Gasteiger charge is 2.05. The minimum absolute atomic E-state index is 0.485.